The molecule has 0 fully saturated rings. The molecule has 1 N–H and O–H groups in total. The molecule has 0 aromatic heterocycles. The normalized spacial score (nSPS) is 13.2. The fourth-order valence-corrected chi connectivity index (χ4v) is 4.84. The molecule has 2 rings (SSSR count). The summed E-state index contributed by atoms with van der Waals surface area (Å²) in [5.41, 5.74) is 2.01. The van der Waals surface area contributed by atoms with Gasteiger partial charge in [0.05, 0.1) is 11.9 Å². The lowest BCUT2D eigenvalue weighted by Gasteiger charge is -2.32. The summed E-state index contributed by atoms with van der Waals surface area (Å²) in [5.74, 6) is -0.599. The molecule has 0 aliphatic rings. The van der Waals surface area contributed by atoms with Crippen LogP contribution in [0.25, 0.3) is 0 Å². The lowest BCUT2D eigenvalue weighted by molar-refractivity contribution is -0.139. The van der Waals surface area contributed by atoms with E-state index in [9.17, 15) is 18.0 Å². The van der Waals surface area contributed by atoms with E-state index >= 15 is 0 Å². The first-order valence-electron chi connectivity index (χ1n) is 11.9. The average Bonchev–Trinajstić information content (AvgIpc) is 2.80. The molecule has 7 nitrogen and oxygen atoms in total. The van der Waals surface area contributed by atoms with Gasteiger partial charge in [0, 0.05) is 22.6 Å². The maximum atomic E-state index is 13.6. The molecule has 0 spiro atoms. The van der Waals surface area contributed by atoms with Gasteiger partial charge in [0.25, 0.3) is 0 Å². The van der Waals surface area contributed by atoms with Gasteiger partial charge in [0.15, 0.2) is 0 Å². The summed E-state index contributed by atoms with van der Waals surface area (Å²) in [6.45, 7) is 9.05. The lowest BCUT2D eigenvalue weighted by Crippen LogP contribution is -2.52. The number of nitrogens with one attached hydrogen (secondary N) is 1. The van der Waals surface area contributed by atoms with Crippen molar-refractivity contribution >= 4 is 50.7 Å². The lowest BCUT2D eigenvalue weighted by atomic mass is 10.0. The van der Waals surface area contributed by atoms with Gasteiger partial charge < -0.3 is 10.2 Å². The summed E-state index contributed by atoms with van der Waals surface area (Å²) in [5, 5.41) is 3.68. The molecule has 0 saturated carbocycles. The van der Waals surface area contributed by atoms with E-state index in [1.165, 1.54) is 4.90 Å². The number of carbonyl (C=O) groups is 2. The van der Waals surface area contributed by atoms with Crippen molar-refractivity contribution in [1.29, 1.82) is 0 Å². The van der Waals surface area contributed by atoms with Crippen molar-refractivity contribution in [3.8, 4) is 0 Å². The van der Waals surface area contributed by atoms with Gasteiger partial charge in [-0.25, -0.2) is 8.42 Å². The molecule has 0 radical (unpaired) electrons. The van der Waals surface area contributed by atoms with Gasteiger partial charge in [0.1, 0.15) is 12.6 Å². The van der Waals surface area contributed by atoms with Crippen LogP contribution in [0.4, 0.5) is 5.69 Å². The van der Waals surface area contributed by atoms with Crippen LogP contribution < -0.4 is 9.62 Å². The van der Waals surface area contributed by atoms with Crippen LogP contribution in [0.2, 0.25) is 10.0 Å². The van der Waals surface area contributed by atoms with E-state index in [1.54, 1.807) is 37.3 Å². The standard InChI is InChI=1S/C26H35Cl2N3O4S/c1-7-18(4)29-26(33)19(5)30(15-21-8-11-22(27)14-24(21)28)25(32)16-31(36(6,34)35)23-12-9-20(10-13-23)17(2)3/h8-14,17-19H,7,15-16H2,1-6H3,(H,29,33)/t18-,19+/m1/s1. The van der Waals surface area contributed by atoms with Gasteiger partial charge in [-0.05, 0) is 61.6 Å². The van der Waals surface area contributed by atoms with Crippen molar-refractivity contribution in [3.63, 3.8) is 0 Å². The maximum absolute atomic E-state index is 13.6. The number of rotatable bonds is 11. The number of anilines is 1. The number of hydrogen-bond donors (Lipinski definition) is 1. The molecule has 0 unspecified atom stereocenters. The van der Waals surface area contributed by atoms with E-state index in [4.69, 9.17) is 23.2 Å². The van der Waals surface area contributed by atoms with Gasteiger partial charge in [-0.2, -0.15) is 0 Å². The Hall–Kier alpha value is -2.29. The fraction of sp³-hybridized carbons (Fsp3) is 0.462. The summed E-state index contributed by atoms with van der Waals surface area (Å²) in [4.78, 5) is 27.9. The van der Waals surface area contributed by atoms with Crippen LogP contribution in [0.1, 0.15) is 58.1 Å². The number of carbonyl (C=O) groups excluding carboxylic acids is 2. The second-order valence-electron chi connectivity index (χ2n) is 9.27. The Bertz CT molecular complexity index is 1170. The summed E-state index contributed by atoms with van der Waals surface area (Å²) in [6, 6.07) is 11.0. The van der Waals surface area contributed by atoms with Crippen LogP contribution in [0.15, 0.2) is 42.5 Å². The minimum absolute atomic E-state index is 0.00776. The first-order chi connectivity index (χ1) is 16.7. The summed E-state index contributed by atoms with van der Waals surface area (Å²) < 4.78 is 26.4. The van der Waals surface area contributed by atoms with E-state index in [1.807, 2.05) is 39.8 Å². The summed E-state index contributed by atoms with van der Waals surface area (Å²) >= 11 is 12.4. The predicted molar refractivity (Wildman–Crippen MR) is 147 cm³/mol. The topological polar surface area (TPSA) is 86.8 Å². The predicted octanol–water partition coefficient (Wildman–Crippen LogP) is 5.21. The van der Waals surface area contributed by atoms with Gasteiger partial charge >= 0.3 is 0 Å². The Morgan fingerprint density at radius 3 is 2.11 bits per heavy atom. The van der Waals surface area contributed by atoms with Crippen molar-refractivity contribution < 1.29 is 18.0 Å². The van der Waals surface area contributed by atoms with Gasteiger partial charge in [0.2, 0.25) is 21.8 Å². The fourth-order valence-electron chi connectivity index (χ4n) is 3.52. The zero-order valence-corrected chi connectivity index (χ0v) is 23.9. The van der Waals surface area contributed by atoms with Crippen molar-refractivity contribution in [1.82, 2.24) is 10.2 Å². The third kappa shape index (κ3) is 8.11. The number of benzene rings is 2. The summed E-state index contributed by atoms with van der Waals surface area (Å²) in [7, 11) is -3.79. The van der Waals surface area contributed by atoms with Crippen molar-refractivity contribution in [2.24, 2.45) is 0 Å². The van der Waals surface area contributed by atoms with Crippen LogP contribution >= 0.6 is 23.2 Å². The Labute approximate surface area is 224 Å². The quantitative estimate of drug-likeness (QED) is 0.412. The first kappa shape index (κ1) is 29.9. The molecular weight excluding hydrogens is 521 g/mol. The Morgan fingerprint density at radius 2 is 1.61 bits per heavy atom. The molecule has 2 aromatic rings. The molecule has 2 amide bonds. The summed E-state index contributed by atoms with van der Waals surface area (Å²) in [6.07, 6.45) is 1.78. The molecule has 0 saturated heterocycles. The molecule has 198 valence electrons. The number of amides is 2. The molecule has 36 heavy (non-hydrogen) atoms. The zero-order chi connectivity index (χ0) is 27.2. The Morgan fingerprint density at radius 1 is 1.00 bits per heavy atom. The number of nitrogens with zero attached hydrogens (tertiary/aromatic N) is 2. The zero-order valence-electron chi connectivity index (χ0n) is 21.6. The number of hydrogen-bond acceptors (Lipinski definition) is 4. The highest BCUT2D eigenvalue weighted by molar-refractivity contribution is 7.92. The highest BCUT2D eigenvalue weighted by Crippen LogP contribution is 2.25. The molecule has 2 aromatic carbocycles. The van der Waals surface area contributed by atoms with Crippen molar-refractivity contribution in [2.45, 2.75) is 65.6 Å². The molecular formula is C26H35Cl2N3O4S. The van der Waals surface area contributed by atoms with Crippen LogP contribution in [-0.2, 0) is 26.2 Å². The monoisotopic (exact) mass is 555 g/mol. The number of sulfonamides is 1. The van der Waals surface area contributed by atoms with E-state index in [-0.39, 0.29) is 24.4 Å². The van der Waals surface area contributed by atoms with E-state index in [0.29, 0.717) is 21.3 Å². The largest absolute Gasteiger partial charge is 0.352 e. The SMILES string of the molecule is CC[C@@H](C)NC(=O)[C@H](C)N(Cc1ccc(Cl)cc1Cl)C(=O)CN(c1ccc(C(C)C)cc1)S(C)(=O)=O. The molecule has 0 aliphatic heterocycles. The van der Waals surface area contributed by atoms with Crippen molar-refractivity contribution in [2.75, 3.05) is 17.1 Å². The van der Waals surface area contributed by atoms with Crippen LogP contribution in [-0.4, -0.2) is 50.0 Å². The molecule has 10 heteroatoms. The van der Waals surface area contributed by atoms with Gasteiger partial charge in [-0.1, -0.05) is 62.2 Å². The molecule has 2 atom stereocenters. The highest BCUT2D eigenvalue weighted by atomic mass is 35.5. The third-order valence-electron chi connectivity index (χ3n) is 6.05. The maximum Gasteiger partial charge on any atom is 0.244 e. The first-order valence-corrected chi connectivity index (χ1v) is 14.5. The highest BCUT2D eigenvalue weighted by Gasteiger charge is 2.31. The molecule has 0 aliphatic carbocycles. The minimum Gasteiger partial charge on any atom is -0.352 e. The van der Waals surface area contributed by atoms with Crippen molar-refractivity contribution in [3.05, 3.63) is 63.6 Å². The second kappa shape index (κ2) is 12.8. The van der Waals surface area contributed by atoms with Gasteiger partial charge in [-0.15, -0.1) is 0 Å². The van der Waals surface area contributed by atoms with Gasteiger partial charge in [-0.3, -0.25) is 13.9 Å². The third-order valence-corrected chi connectivity index (χ3v) is 7.78. The molecule has 0 heterocycles. The smallest absolute Gasteiger partial charge is 0.244 e. The van der Waals surface area contributed by atoms with Crippen LogP contribution in [0.5, 0.6) is 0 Å². The number of halogens is 2. The minimum atomic E-state index is -3.79. The van der Waals surface area contributed by atoms with E-state index in [0.717, 1.165) is 22.5 Å². The average molecular weight is 557 g/mol. The second-order valence-corrected chi connectivity index (χ2v) is 12.0. The van der Waals surface area contributed by atoms with Crippen LogP contribution in [0, 0.1) is 0 Å². The van der Waals surface area contributed by atoms with E-state index in [2.05, 4.69) is 5.32 Å². The van der Waals surface area contributed by atoms with E-state index < -0.39 is 28.5 Å². The van der Waals surface area contributed by atoms with Crippen LogP contribution in [0.3, 0.4) is 0 Å². The molecule has 0 bridgehead atoms. The Balaban J connectivity index is 2.42. The Kier molecular flexibility index (Phi) is 10.6.